The first kappa shape index (κ1) is 12.4. The van der Waals surface area contributed by atoms with Crippen LogP contribution in [-0.2, 0) is 6.54 Å². The molecule has 15 heavy (non-hydrogen) atoms. The van der Waals surface area contributed by atoms with Gasteiger partial charge in [-0.25, -0.2) is 0 Å². The second kappa shape index (κ2) is 4.94. The lowest BCUT2D eigenvalue weighted by Crippen LogP contribution is -2.06. The van der Waals surface area contributed by atoms with Gasteiger partial charge in [0.05, 0.1) is 0 Å². The lowest BCUT2D eigenvalue weighted by atomic mass is 10.2. The summed E-state index contributed by atoms with van der Waals surface area (Å²) in [6.45, 7) is 2.18. The fourth-order valence-corrected chi connectivity index (χ4v) is 1.67. The van der Waals surface area contributed by atoms with Gasteiger partial charge in [-0.15, -0.1) is 0 Å². The number of alkyl halides is 3. The van der Waals surface area contributed by atoms with Crippen molar-refractivity contribution >= 4 is 11.8 Å². The second-order valence-electron chi connectivity index (χ2n) is 3.27. The normalized spacial score (nSPS) is 14.2. The summed E-state index contributed by atoms with van der Waals surface area (Å²) in [4.78, 5) is 0. The van der Waals surface area contributed by atoms with Crippen LogP contribution in [-0.4, -0.2) is 15.8 Å². The van der Waals surface area contributed by atoms with Gasteiger partial charge in [-0.1, -0.05) is 0 Å². The van der Waals surface area contributed by atoms with E-state index in [0.717, 1.165) is 5.56 Å². The van der Waals surface area contributed by atoms with Gasteiger partial charge >= 0.3 is 5.51 Å². The van der Waals surface area contributed by atoms with E-state index in [1.807, 2.05) is 13.0 Å². The van der Waals surface area contributed by atoms with E-state index < -0.39 is 5.51 Å². The van der Waals surface area contributed by atoms with Crippen LogP contribution in [0.3, 0.4) is 0 Å². The molecule has 0 aromatic carbocycles. The average molecular weight is 238 g/mol. The summed E-state index contributed by atoms with van der Waals surface area (Å²) in [6, 6.07) is 1.74. The fraction of sp³-hybridized carbons (Fsp3) is 0.556. The van der Waals surface area contributed by atoms with Crippen LogP contribution in [0.2, 0.25) is 0 Å². The molecule has 0 bridgehead atoms. The first-order valence-corrected chi connectivity index (χ1v) is 5.49. The molecular formula is C9H13F3N2S. The highest BCUT2D eigenvalue weighted by Crippen LogP contribution is 2.30. The van der Waals surface area contributed by atoms with Crippen LogP contribution >= 0.6 is 11.8 Å². The number of thioether (sulfide) groups is 1. The third kappa shape index (κ3) is 4.61. The van der Waals surface area contributed by atoms with Crippen molar-refractivity contribution < 1.29 is 13.2 Å². The van der Waals surface area contributed by atoms with Crippen molar-refractivity contribution in [3.63, 3.8) is 0 Å². The number of nitrogens with zero attached hydrogens (tertiary/aromatic N) is 1. The topological polar surface area (TPSA) is 30.9 Å². The van der Waals surface area contributed by atoms with Crippen LogP contribution in [0, 0.1) is 0 Å². The Bertz CT molecular complexity index is 307. The summed E-state index contributed by atoms with van der Waals surface area (Å²) >= 11 is -0.00602. The molecule has 1 atom stereocenters. The average Bonchev–Trinajstić information content (AvgIpc) is 2.50. The molecule has 0 radical (unpaired) electrons. The van der Waals surface area contributed by atoms with Gasteiger partial charge in [0, 0.05) is 30.7 Å². The van der Waals surface area contributed by atoms with E-state index >= 15 is 0 Å². The summed E-state index contributed by atoms with van der Waals surface area (Å²) in [7, 11) is 0. The van der Waals surface area contributed by atoms with E-state index in [9.17, 15) is 13.2 Å². The highest BCUT2D eigenvalue weighted by Gasteiger charge is 2.27. The molecule has 0 amide bonds. The van der Waals surface area contributed by atoms with Crippen molar-refractivity contribution in [2.24, 2.45) is 5.73 Å². The molecule has 0 aliphatic heterocycles. The number of rotatable bonds is 4. The number of nitrogens with two attached hydrogens (primary N) is 1. The van der Waals surface area contributed by atoms with E-state index in [-0.39, 0.29) is 23.6 Å². The molecule has 2 nitrogen and oxygen atoms in total. The third-order valence-corrected chi connectivity index (χ3v) is 2.63. The smallest absolute Gasteiger partial charge is 0.353 e. The zero-order valence-electron chi connectivity index (χ0n) is 8.29. The van der Waals surface area contributed by atoms with Gasteiger partial charge in [-0.05, 0) is 30.3 Å². The molecule has 0 aliphatic carbocycles. The van der Waals surface area contributed by atoms with Crippen molar-refractivity contribution in [1.82, 2.24) is 4.57 Å². The minimum absolute atomic E-state index is 0.00602. The van der Waals surface area contributed by atoms with Gasteiger partial charge in [-0.3, -0.25) is 0 Å². The molecule has 6 heteroatoms. The van der Waals surface area contributed by atoms with Crippen LogP contribution in [0.4, 0.5) is 13.2 Å². The van der Waals surface area contributed by atoms with Crippen molar-refractivity contribution in [2.45, 2.75) is 25.0 Å². The Balaban J connectivity index is 2.38. The molecule has 0 saturated carbocycles. The zero-order valence-corrected chi connectivity index (χ0v) is 9.11. The van der Waals surface area contributed by atoms with Crippen molar-refractivity contribution in [3.05, 3.63) is 24.0 Å². The molecule has 1 aromatic rings. The van der Waals surface area contributed by atoms with Crippen molar-refractivity contribution in [1.29, 1.82) is 0 Å². The van der Waals surface area contributed by atoms with Crippen LogP contribution in [0.15, 0.2) is 18.5 Å². The van der Waals surface area contributed by atoms with Gasteiger partial charge in [0.15, 0.2) is 0 Å². The maximum atomic E-state index is 11.8. The molecule has 86 valence electrons. The quantitative estimate of drug-likeness (QED) is 0.874. The molecule has 1 heterocycles. The van der Waals surface area contributed by atoms with E-state index in [4.69, 9.17) is 5.73 Å². The SMILES string of the molecule is CC(N)c1ccn(CCSC(F)(F)F)c1. The Labute approximate surface area is 90.6 Å². The summed E-state index contributed by atoms with van der Waals surface area (Å²) in [5.74, 6) is 0.0244. The minimum Gasteiger partial charge on any atom is -0.353 e. The Morgan fingerprint density at radius 1 is 1.53 bits per heavy atom. The summed E-state index contributed by atoms with van der Waals surface area (Å²) in [6.07, 6.45) is 3.53. The van der Waals surface area contributed by atoms with E-state index in [1.54, 1.807) is 17.0 Å². The summed E-state index contributed by atoms with van der Waals surface area (Å²) < 4.78 is 37.2. The molecule has 0 aliphatic rings. The predicted molar refractivity (Wildman–Crippen MR) is 55.5 cm³/mol. The standard InChI is InChI=1S/C9H13F3N2S/c1-7(13)8-2-3-14(6-8)4-5-15-9(10,11)12/h2-3,6-7H,4-5,13H2,1H3. The summed E-state index contributed by atoms with van der Waals surface area (Å²) in [5, 5.41) is 0. The van der Waals surface area contributed by atoms with Gasteiger partial charge in [0.2, 0.25) is 0 Å². The monoisotopic (exact) mass is 238 g/mol. The predicted octanol–water partition coefficient (Wildman–Crippen LogP) is 2.76. The molecule has 0 spiro atoms. The molecule has 0 saturated heterocycles. The van der Waals surface area contributed by atoms with Gasteiger partial charge in [0.25, 0.3) is 0 Å². The highest BCUT2D eigenvalue weighted by molar-refractivity contribution is 8.00. The second-order valence-corrected chi connectivity index (χ2v) is 4.43. The van der Waals surface area contributed by atoms with Crippen molar-refractivity contribution in [2.75, 3.05) is 5.75 Å². The van der Waals surface area contributed by atoms with Crippen LogP contribution in [0.25, 0.3) is 0 Å². The molecule has 1 unspecified atom stereocenters. The van der Waals surface area contributed by atoms with Gasteiger partial charge in [-0.2, -0.15) is 13.2 Å². The Kier molecular flexibility index (Phi) is 4.10. The molecule has 1 aromatic heterocycles. The number of halogens is 3. The van der Waals surface area contributed by atoms with Crippen LogP contribution in [0.1, 0.15) is 18.5 Å². The summed E-state index contributed by atoms with van der Waals surface area (Å²) in [5.41, 5.74) is 2.42. The first-order valence-electron chi connectivity index (χ1n) is 4.50. The molecular weight excluding hydrogens is 225 g/mol. The fourth-order valence-electron chi connectivity index (χ4n) is 1.13. The van der Waals surface area contributed by atoms with Crippen molar-refractivity contribution in [3.8, 4) is 0 Å². The van der Waals surface area contributed by atoms with Gasteiger partial charge < -0.3 is 10.3 Å². The molecule has 1 rings (SSSR count). The lowest BCUT2D eigenvalue weighted by molar-refractivity contribution is -0.0328. The van der Waals surface area contributed by atoms with Gasteiger partial charge in [0.1, 0.15) is 0 Å². The first-order chi connectivity index (χ1) is 6.88. The molecule has 2 N–H and O–H groups in total. The van der Waals surface area contributed by atoms with E-state index in [0.29, 0.717) is 6.54 Å². The maximum absolute atomic E-state index is 11.8. The number of aryl methyl sites for hydroxylation is 1. The number of hydrogen-bond donors (Lipinski definition) is 1. The van der Waals surface area contributed by atoms with Crippen LogP contribution in [0.5, 0.6) is 0 Å². The van der Waals surface area contributed by atoms with E-state index in [2.05, 4.69) is 0 Å². The third-order valence-electron chi connectivity index (χ3n) is 1.91. The largest absolute Gasteiger partial charge is 0.441 e. The molecule has 0 fully saturated rings. The Morgan fingerprint density at radius 3 is 2.67 bits per heavy atom. The highest BCUT2D eigenvalue weighted by atomic mass is 32.2. The zero-order chi connectivity index (χ0) is 11.5. The lowest BCUT2D eigenvalue weighted by Gasteiger charge is -2.06. The van der Waals surface area contributed by atoms with Crippen LogP contribution < -0.4 is 5.73 Å². The minimum atomic E-state index is -4.14. The maximum Gasteiger partial charge on any atom is 0.441 e. The Hall–Kier alpha value is -0.620. The van der Waals surface area contributed by atoms with E-state index in [1.165, 1.54) is 0 Å². The number of hydrogen-bond acceptors (Lipinski definition) is 2. The number of aromatic nitrogens is 1. The Morgan fingerprint density at radius 2 is 2.20 bits per heavy atom.